The molecular formula is C19H25N5O2. The number of rotatable bonds is 6. The Kier molecular flexibility index (Phi) is 5.08. The first kappa shape index (κ1) is 18.1. The number of aromatic nitrogens is 2. The normalized spacial score (nSPS) is 15.8. The monoisotopic (exact) mass is 355 g/mol. The minimum Gasteiger partial charge on any atom is -0.361 e. The van der Waals surface area contributed by atoms with Crippen molar-refractivity contribution in [1.29, 1.82) is 0 Å². The van der Waals surface area contributed by atoms with E-state index in [9.17, 15) is 4.79 Å². The maximum absolute atomic E-state index is 12.3. The Balaban J connectivity index is 1.96. The summed E-state index contributed by atoms with van der Waals surface area (Å²) in [6.07, 6.45) is 1.85. The smallest absolute Gasteiger partial charge is 0.273 e. The number of hydrogen-bond donors (Lipinski definition) is 2. The molecule has 0 unspecified atom stereocenters. The summed E-state index contributed by atoms with van der Waals surface area (Å²) in [5.41, 5.74) is 8.52. The number of carbonyl (C=O) groups excluding carboxylic acids is 1. The lowest BCUT2D eigenvalue weighted by atomic mass is 10.0. The average molecular weight is 355 g/mol. The number of carbonyl (C=O) groups is 1. The fourth-order valence-corrected chi connectivity index (χ4v) is 3.15. The van der Waals surface area contributed by atoms with E-state index in [2.05, 4.69) is 53.3 Å². The number of nitrogens with zero attached hydrogens (tertiary/aromatic N) is 3. The largest absolute Gasteiger partial charge is 0.361 e. The Morgan fingerprint density at radius 1 is 1.23 bits per heavy atom. The quantitative estimate of drug-likeness (QED) is 0.780. The van der Waals surface area contributed by atoms with Gasteiger partial charge < -0.3 is 9.51 Å². The van der Waals surface area contributed by atoms with Crippen molar-refractivity contribution in [3.05, 3.63) is 45.6 Å². The van der Waals surface area contributed by atoms with Crippen molar-refractivity contribution < 1.29 is 9.32 Å². The van der Waals surface area contributed by atoms with Crippen molar-refractivity contribution >= 4 is 17.7 Å². The Hall–Kier alpha value is -2.67. The average Bonchev–Trinajstić information content (AvgIpc) is 3.27. The maximum atomic E-state index is 12.3. The molecule has 3 rings (SSSR count). The third-order valence-corrected chi connectivity index (χ3v) is 4.84. The van der Waals surface area contributed by atoms with Crippen molar-refractivity contribution in [3.63, 3.8) is 0 Å². The Morgan fingerprint density at radius 2 is 1.96 bits per heavy atom. The zero-order chi connectivity index (χ0) is 18.8. The third kappa shape index (κ3) is 3.35. The Bertz CT molecular complexity index is 884. The van der Waals surface area contributed by atoms with Crippen molar-refractivity contribution in [2.45, 2.75) is 41.2 Å². The number of nitrogens with one attached hydrogen (secondary N) is 2. The first-order valence-corrected chi connectivity index (χ1v) is 8.88. The lowest BCUT2D eigenvalue weighted by molar-refractivity contribution is -0.116. The molecule has 138 valence electrons. The molecule has 0 aliphatic carbocycles. The van der Waals surface area contributed by atoms with Crippen LogP contribution in [-0.2, 0) is 11.3 Å². The second-order valence-corrected chi connectivity index (χ2v) is 6.51. The summed E-state index contributed by atoms with van der Waals surface area (Å²) in [6.45, 7) is 13.2. The van der Waals surface area contributed by atoms with Crippen LogP contribution in [0, 0.1) is 20.8 Å². The van der Waals surface area contributed by atoms with Gasteiger partial charge in [0.1, 0.15) is 17.2 Å². The molecule has 0 saturated carbocycles. The molecule has 0 aromatic carbocycles. The molecule has 2 aromatic heterocycles. The van der Waals surface area contributed by atoms with Gasteiger partial charge in [0.2, 0.25) is 0 Å². The highest BCUT2D eigenvalue weighted by Crippen LogP contribution is 2.24. The predicted molar refractivity (Wildman–Crippen MR) is 101 cm³/mol. The van der Waals surface area contributed by atoms with Crippen molar-refractivity contribution in [1.82, 2.24) is 20.5 Å². The predicted octanol–water partition coefficient (Wildman–Crippen LogP) is 2.69. The molecule has 1 aliphatic heterocycles. The molecule has 0 saturated heterocycles. The number of amides is 1. The van der Waals surface area contributed by atoms with Gasteiger partial charge in [-0.05, 0) is 51.1 Å². The van der Waals surface area contributed by atoms with Crippen LogP contribution in [0.4, 0.5) is 0 Å². The third-order valence-electron chi connectivity index (χ3n) is 4.84. The van der Waals surface area contributed by atoms with Gasteiger partial charge in [-0.15, -0.1) is 0 Å². The minimum atomic E-state index is -0.238. The van der Waals surface area contributed by atoms with Gasteiger partial charge in [-0.2, -0.15) is 5.10 Å². The van der Waals surface area contributed by atoms with Crippen molar-refractivity contribution in [2.24, 2.45) is 5.10 Å². The highest BCUT2D eigenvalue weighted by molar-refractivity contribution is 6.32. The molecule has 0 fully saturated rings. The van der Waals surface area contributed by atoms with E-state index in [-0.39, 0.29) is 5.91 Å². The van der Waals surface area contributed by atoms with Gasteiger partial charge in [-0.1, -0.05) is 19.0 Å². The van der Waals surface area contributed by atoms with Crippen LogP contribution in [0.25, 0.3) is 6.08 Å². The zero-order valence-corrected chi connectivity index (χ0v) is 15.9. The molecule has 2 N–H and O–H groups in total. The van der Waals surface area contributed by atoms with Crippen LogP contribution in [-0.4, -0.2) is 39.7 Å². The molecular weight excluding hydrogens is 330 g/mol. The van der Waals surface area contributed by atoms with Gasteiger partial charge in [0, 0.05) is 24.0 Å². The SMILES string of the molecule is CCN(CC)Cc1c(C)[nH]c(/C=C2/C(=O)NN=C2c2cc(C)on2)c1C. The van der Waals surface area contributed by atoms with E-state index in [0.29, 0.717) is 22.7 Å². The zero-order valence-electron chi connectivity index (χ0n) is 15.9. The van der Waals surface area contributed by atoms with E-state index in [1.54, 1.807) is 6.07 Å². The molecule has 0 spiro atoms. The van der Waals surface area contributed by atoms with Crippen LogP contribution in [0.3, 0.4) is 0 Å². The number of hydrogen-bond acceptors (Lipinski definition) is 5. The topological polar surface area (TPSA) is 86.5 Å². The molecule has 0 atom stereocenters. The van der Waals surface area contributed by atoms with E-state index in [1.165, 1.54) is 5.56 Å². The number of aryl methyl sites for hydroxylation is 2. The highest BCUT2D eigenvalue weighted by Gasteiger charge is 2.27. The fourth-order valence-electron chi connectivity index (χ4n) is 3.15. The standard InChI is InChI=1S/C19H25N5O2/c1-6-24(7-2)10-15-12(4)16(20-13(15)5)9-14-18(21-22-19(14)25)17-8-11(3)26-23-17/h8-9,20H,6-7,10H2,1-5H3,(H,22,25)/b14-9+. The Morgan fingerprint density at radius 3 is 2.58 bits per heavy atom. The molecule has 0 radical (unpaired) electrons. The molecule has 3 heterocycles. The molecule has 0 bridgehead atoms. The van der Waals surface area contributed by atoms with E-state index in [4.69, 9.17) is 4.52 Å². The second kappa shape index (κ2) is 7.29. The van der Waals surface area contributed by atoms with E-state index < -0.39 is 0 Å². The van der Waals surface area contributed by atoms with Crippen LogP contribution in [0.2, 0.25) is 0 Å². The second-order valence-electron chi connectivity index (χ2n) is 6.51. The summed E-state index contributed by atoms with van der Waals surface area (Å²) >= 11 is 0. The van der Waals surface area contributed by atoms with Gasteiger partial charge in [0.05, 0.1) is 5.57 Å². The number of H-pyrrole nitrogens is 1. The summed E-state index contributed by atoms with van der Waals surface area (Å²) in [4.78, 5) is 18.0. The lowest BCUT2D eigenvalue weighted by Gasteiger charge is -2.18. The fraction of sp³-hybridized carbons (Fsp3) is 0.421. The summed E-state index contributed by atoms with van der Waals surface area (Å²) in [5, 5.41) is 8.09. The lowest BCUT2D eigenvalue weighted by Crippen LogP contribution is -2.22. The molecule has 7 nitrogen and oxygen atoms in total. The maximum Gasteiger partial charge on any atom is 0.273 e. The number of aromatic amines is 1. The molecule has 26 heavy (non-hydrogen) atoms. The first-order chi connectivity index (χ1) is 12.4. The van der Waals surface area contributed by atoms with Crippen LogP contribution in [0.5, 0.6) is 0 Å². The van der Waals surface area contributed by atoms with Gasteiger partial charge >= 0.3 is 0 Å². The van der Waals surface area contributed by atoms with Crippen molar-refractivity contribution in [3.8, 4) is 0 Å². The summed E-state index contributed by atoms with van der Waals surface area (Å²) in [7, 11) is 0. The van der Waals surface area contributed by atoms with E-state index in [1.807, 2.05) is 13.0 Å². The molecule has 7 heteroatoms. The molecule has 1 amide bonds. The minimum absolute atomic E-state index is 0.238. The van der Waals surface area contributed by atoms with Gasteiger partial charge in [0.25, 0.3) is 5.91 Å². The molecule has 1 aliphatic rings. The van der Waals surface area contributed by atoms with Crippen molar-refractivity contribution in [2.75, 3.05) is 13.1 Å². The van der Waals surface area contributed by atoms with Crippen LogP contribution in [0.1, 0.15) is 47.8 Å². The Labute approximate surface area is 153 Å². The summed E-state index contributed by atoms with van der Waals surface area (Å²) in [6, 6.07) is 1.77. The van der Waals surface area contributed by atoms with Crippen LogP contribution in [0.15, 0.2) is 21.3 Å². The summed E-state index contributed by atoms with van der Waals surface area (Å²) in [5.74, 6) is 0.437. The summed E-state index contributed by atoms with van der Waals surface area (Å²) < 4.78 is 5.12. The van der Waals surface area contributed by atoms with E-state index >= 15 is 0 Å². The van der Waals surface area contributed by atoms with Gasteiger partial charge in [-0.3, -0.25) is 9.69 Å². The van der Waals surface area contributed by atoms with Gasteiger partial charge in [0.15, 0.2) is 0 Å². The highest BCUT2D eigenvalue weighted by atomic mass is 16.5. The number of hydrazone groups is 1. The first-order valence-electron chi connectivity index (χ1n) is 8.88. The molecule has 2 aromatic rings. The van der Waals surface area contributed by atoms with E-state index in [0.717, 1.165) is 36.6 Å². The van der Waals surface area contributed by atoms with Crippen LogP contribution >= 0.6 is 0 Å². The van der Waals surface area contributed by atoms with Crippen LogP contribution < -0.4 is 5.43 Å². The van der Waals surface area contributed by atoms with Gasteiger partial charge in [-0.25, -0.2) is 5.43 Å².